The highest BCUT2D eigenvalue weighted by Gasteiger charge is 2.18. The first kappa shape index (κ1) is 14.6. The Balaban J connectivity index is 2.37. The molecule has 2 aromatic rings. The number of anilines is 1. The summed E-state index contributed by atoms with van der Waals surface area (Å²) in [6.45, 7) is 0.496. The zero-order chi connectivity index (χ0) is 14.5. The number of hydrogen-bond donors (Lipinski definition) is 1. The number of halogens is 1. The molecular formula is C16H16BrN3. The Morgan fingerprint density at radius 3 is 2.65 bits per heavy atom. The van der Waals surface area contributed by atoms with E-state index in [2.05, 4.69) is 33.0 Å². The predicted octanol–water partition coefficient (Wildman–Crippen LogP) is 3.46. The second-order valence-electron chi connectivity index (χ2n) is 4.55. The third kappa shape index (κ3) is 3.01. The monoisotopic (exact) mass is 329 g/mol. The molecule has 0 aliphatic heterocycles. The van der Waals surface area contributed by atoms with Gasteiger partial charge in [-0.25, -0.2) is 0 Å². The van der Waals surface area contributed by atoms with Gasteiger partial charge in [-0.3, -0.25) is 0 Å². The third-order valence-electron chi connectivity index (χ3n) is 3.34. The first-order valence-electron chi connectivity index (χ1n) is 6.35. The number of hydrogen-bond acceptors (Lipinski definition) is 3. The summed E-state index contributed by atoms with van der Waals surface area (Å²) in [5.74, 6) is 0. The molecule has 2 aromatic carbocycles. The van der Waals surface area contributed by atoms with Crippen molar-refractivity contribution in [3.05, 3.63) is 64.1 Å². The molecule has 0 heterocycles. The van der Waals surface area contributed by atoms with Crippen LogP contribution in [0, 0.1) is 11.3 Å². The Kier molecular flexibility index (Phi) is 4.78. The minimum absolute atomic E-state index is 0.0551. The van der Waals surface area contributed by atoms with E-state index in [9.17, 15) is 0 Å². The van der Waals surface area contributed by atoms with Crippen molar-refractivity contribution in [2.45, 2.75) is 6.04 Å². The Hall–Kier alpha value is -1.83. The number of likely N-dealkylation sites (N-methyl/N-ethyl adjacent to an activating group) is 1. The van der Waals surface area contributed by atoms with Gasteiger partial charge in [-0.15, -0.1) is 0 Å². The summed E-state index contributed by atoms with van der Waals surface area (Å²) >= 11 is 3.57. The van der Waals surface area contributed by atoms with Crippen molar-refractivity contribution >= 4 is 21.6 Å². The lowest BCUT2D eigenvalue weighted by Crippen LogP contribution is -2.30. The van der Waals surface area contributed by atoms with Crippen LogP contribution in [0.1, 0.15) is 17.2 Å². The molecule has 0 spiro atoms. The Bertz CT molecular complexity index is 634. The minimum Gasteiger partial charge on any atom is -0.366 e. The van der Waals surface area contributed by atoms with E-state index in [4.69, 9.17) is 11.0 Å². The van der Waals surface area contributed by atoms with Crippen LogP contribution in [0.25, 0.3) is 0 Å². The van der Waals surface area contributed by atoms with Gasteiger partial charge >= 0.3 is 0 Å². The topological polar surface area (TPSA) is 53.0 Å². The second kappa shape index (κ2) is 6.56. The van der Waals surface area contributed by atoms with Gasteiger partial charge in [0.1, 0.15) is 0 Å². The van der Waals surface area contributed by atoms with Gasteiger partial charge in [-0.1, -0.05) is 40.2 Å². The average Bonchev–Trinajstić information content (AvgIpc) is 2.49. The number of benzene rings is 2. The van der Waals surface area contributed by atoms with Crippen LogP contribution in [0.3, 0.4) is 0 Å². The molecule has 2 rings (SSSR count). The molecule has 0 saturated carbocycles. The summed E-state index contributed by atoms with van der Waals surface area (Å²) in [7, 11) is 1.99. The van der Waals surface area contributed by atoms with Crippen molar-refractivity contribution in [3.63, 3.8) is 0 Å². The molecule has 0 amide bonds. The fourth-order valence-electron chi connectivity index (χ4n) is 2.21. The lowest BCUT2D eigenvalue weighted by molar-refractivity contribution is 0.678. The van der Waals surface area contributed by atoms with Crippen LogP contribution in [0.15, 0.2) is 53.0 Å². The highest BCUT2D eigenvalue weighted by atomic mass is 79.9. The van der Waals surface area contributed by atoms with E-state index >= 15 is 0 Å². The van der Waals surface area contributed by atoms with Crippen molar-refractivity contribution in [1.82, 2.24) is 0 Å². The standard InChI is InChI=1S/C16H16BrN3/c1-20(13-6-4-5-12(9-13)10-18)16(11-19)14-7-2-3-8-15(14)17/h2-9,16H,11,19H2,1H3. The van der Waals surface area contributed by atoms with Crippen LogP contribution in [0.5, 0.6) is 0 Å². The number of nitrogens with zero attached hydrogens (tertiary/aromatic N) is 2. The Morgan fingerprint density at radius 2 is 2.00 bits per heavy atom. The quantitative estimate of drug-likeness (QED) is 0.934. The van der Waals surface area contributed by atoms with Crippen molar-refractivity contribution in [1.29, 1.82) is 5.26 Å². The first-order chi connectivity index (χ1) is 9.67. The van der Waals surface area contributed by atoms with E-state index in [1.165, 1.54) is 0 Å². The molecule has 0 radical (unpaired) electrons. The van der Waals surface area contributed by atoms with Crippen molar-refractivity contribution in [2.24, 2.45) is 5.73 Å². The molecule has 0 saturated heterocycles. The molecule has 0 aliphatic rings. The summed E-state index contributed by atoms with van der Waals surface area (Å²) in [6, 6.07) is 17.8. The van der Waals surface area contributed by atoms with Crippen LogP contribution in [0.4, 0.5) is 5.69 Å². The Morgan fingerprint density at radius 1 is 1.25 bits per heavy atom. The molecular weight excluding hydrogens is 314 g/mol. The van der Waals surface area contributed by atoms with Gasteiger partial charge in [0.15, 0.2) is 0 Å². The molecule has 4 heteroatoms. The molecule has 102 valence electrons. The average molecular weight is 330 g/mol. The minimum atomic E-state index is 0.0551. The largest absolute Gasteiger partial charge is 0.366 e. The van der Waals surface area contributed by atoms with Gasteiger partial charge < -0.3 is 10.6 Å². The zero-order valence-electron chi connectivity index (χ0n) is 11.3. The Labute approximate surface area is 127 Å². The zero-order valence-corrected chi connectivity index (χ0v) is 12.8. The number of nitrogens with two attached hydrogens (primary N) is 1. The number of nitriles is 1. The van der Waals surface area contributed by atoms with Crippen molar-refractivity contribution in [2.75, 3.05) is 18.5 Å². The molecule has 2 N–H and O–H groups in total. The van der Waals surface area contributed by atoms with E-state index in [1.807, 2.05) is 43.4 Å². The second-order valence-corrected chi connectivity index (χ2v) is 5.40. The molecule has 0 bridgehead atoms. The van der Waals surface area contributed by atoms with E-state index < -0.39 is 0 Å². The van der Waals surface area contributed by atoms with Crippen LogP contribution in [-0.4, -0.2) is 13.6 Å². The summed E-state index contributed by atoms with van der Waals surface area (Å²) < 4.78 is 1.04. The van der Waals surface area contributed by atoms with Crippen molar-refractivity contribution < 1.29 is 0 Å². The van der Waals surface area contributed by atoms with Gasteiger partial charge in [0, 0.05) is 23.8 Å². The highest BCUT2D eigenvalue weighted by Crippen LogP contribution is 2.30. The summed E-state index contributed by atoms with van der Waals surface area (Å²) in [4.78, 5) is 2.10. The summed E-state index contributed by atoms with van der Waals surface area (Å²) in [5.41, 5.74) is 8.73. The number of rotatable bonds is 4. The van der Waals surface area contributed by atoms with Crippen LogP contribution < -0.4 is 10.6 Å². The lowest BCUT2D eigenvalue weighted by atomic mass is 10.0. The van der Waals surface area contributed by atoms with Gasteiger partial charge in [-0.05, 0) is 29.8 Å². The van der Waals surface area contributed by atoms with Gasteiger partial charge in [0.2, 0.25) is 0 Å². The van der Waals surface area contributed by atoms with E-state index in [1.54, 1.807) is 6.07 Å². The maximum Gasteiger partial charge on any atom is 0.0992 e. The smallest absolute Gasteiger partial charge is 0.0992 e. The first-order valence-corrected chi connectivity index (χ1v) is 7.14. The fraction of sp³-hybridized carbons (Fsp3) is 0.188. The van der Waals surface area contributed by atoms with E-state index in [-0.39, 0.29) is 6.04 Å². The molecule has 1 atom stereocenters. The third-order valence-corrected chi connectivity index (χ3v) is 4.06. The maximum atomic E-state index is 9.00. The normalized spacial score (nSPS) is 11.7. The van der Waals surface area contributed by atoms with Crippen molar-refractivity contribution in [3.8, 4) is 6.07 Å². The summed E-state index contributed by atoms with van der Waals surface area (Å²) in [6.07, 6.45) is 0. The summed E-state index contributed by atoms with van der Waals surface area (Å²) in [5, 5.41) is 9.00. The van der Waals surface area contributed by atoms with Gasteiger partial charge in [0.05, 0.1) is 17.7 Å². The van der Waals surface area contributed by atoms with Crippen LogP contribution in [-0.2, 0) is 0 Å². The molecule has 1 unspecified atom stereocenters. The lowest BCUT2D eigenvalue weighted by Gasteiger charge is -2.30. The fourth-order valence-corrected chi connectivity index (χ4v) is 2.76. The van der Waals surface area contributed by atoms with Crippen LogP contribution >= 0.6 is 15.9 Å². The van der Waals surface area contributed by atoms with Gasteiger partial charge in [0.25, 0.3) is 0 Å². The van der Waals surface area contributed by atoms with E-state index in [0.717, 1.165) is 15.7 Å². The molecule has 0 aromatic heterocycles. The molecule has 0 aliphatic carbocycles. The van der Waals surface area contributed by atoms with Gasteiger partial charge in [-0.2, -0.15) is 5.26 Å². The van der Waals surface area contributed by atoms with Crippen LogP contribution in [0.2, 0.25) is 0 Å². The highest BCUT2D eigenvalue weighted by molar-refractivity contribution is 9.10. The SMILES string of the molecule is CN(c1cccc(C#N)c1)C(CN)c1ccccc1Br. The molecule has 3 nitrogen and oxygen atoms in total. The molecule has 0 fully saturated rings. The predicted molar refractivity (Wildman–Crippen MR) is 85.5 cm³/mol. The molecule has 20 heavy (non-hydrogen) atoms. The van der Waals surface area contributed by atoms with E-state index in [0.29, 0.717) is 12.1 Å². The maximum absolute atomic E-state index is 9.00.